The standard InChI is InChI=1S/C19H22ClNO3S/c1-10-7-14(21)18(25)17(13(10)9-16(22)23)12-6-5-11(20)8-15(12)24-19(2,3)4/h5-8,25H,9,21H2,1-4H3,(H,22,23). The van der Waals surface area contributed by atoms with Gasteiger partial charge in [-0.25, -0.2) is 0 Å². The molecule has 0 bridgehead atoms. The van der Waals surface area contributed by atoms with Crippen molar-refractivity contribution >= 4 is 35.9 Å². The second kappa shape index (κ2) is 7.18. The van der Waals surface area contributed by atoms with Gasteiger partial charge in [-0.3, -0.25) is 4.79 Å². The molecule has 0 radical (unpaired) electrons. The molecule has 0 aliphatic carbocycles. The summed E-state index contributed by atoms with van der Waals surface area (Å²) in [6.45, 7) is 7.64. The molecular weight excluding hydrogens is 358 g/mol. The Bertz CT molecular complexity index is 828. The molecule has 25 heavy (non-hydrogen) atoms. The third kappa shape index (κ3) is 4.61. The van der Waals surface area contributed by atoms with Crippen molar-refractivity contribution in [1.29, 1.82) is 0 Å². The average molecular weight is 380 g/mol. The van der Waals surface area contributed by atoms with Gasteiger partial charge >= 0.3 is 5.97 Å². The Morgan fingerprint density at radius 2 is 1.96 bits per heavy atom. The molecule has 0 heterocycles. The number of thiol groups is 1. The van der Waals surface area contributed by atoms with E-state index in [4.69, 9.17) is 22.1 Å². The van der Waals surface area contributed by atoms with Crippen molar-refractivity contribution < 1.29 is 14.6 Å². The Kier molecular flexibility index (Phi) is 5.59. The monoisotopic (exact) mass is 379 g/mol. The normalized spacial score (nSPS) is 11.4. The number of ether oxygens (including phenoxy) is 1. The molecule has 0 amide bonds. The molecule has 134 valence electrons. The SMILES string of the molecule is Cc1cc(N)c(S)c(-c2ccc(Cl)cc2OC(C)(C)C)c1CC(=O)O. The van der Waals surface area contributed by atoms with Crippen LogP contribution < -0.4 is 10.5 Å². The zero-order valence-electron chi connectivity index (χ0n) is 14.7. The van der Waals surface area contributed by atoms with E-state index in [2.05, 4.69) is 12.6 Å². The summed E-state index contributed by atoms with van der Waals surface area (Å²) < 4.78 is 6.06. The van der Waals surface area contributed by atoms with Gasteiger partial charge in [0.2, 0.25) is 0 Å². The number of carbonyl (C=O) groups is 1. The average Bonchev–Trinajstić information content (AvgIpc) is 2.44. The van der Waals surface area contributed by atoms with Gasteiger partial charge in [0.25, 0.3) is 0 Å². The highest BCUT2D eigenvalue weighted by Gasteiger charge is 2.22. The maximum absolute atomic E-state index is 11.4. The first-order valence-corrected chi connectivity index (χ1v) is 8.63. The number of nitrogens with two attached hydrogens (primary N) is 1. The van der Waals surface area contributed by atoms with E-state index < -0.39 is 11.6 Å². The number of nitrogen functional groups attached to an aromatic ring is 1. The smallest absolute Gasteiger partial charge is 0.307 e. The van der Waals surface area contributed by atoms with E-state index in [1.165, 1.54) is 0 Å². The van der Waals surface area contributed by atoms with Crippen molar-refractivity contribution in [2.24, 2.45) is 0 Å². The number of carboxylic acid groups (broad SMARTS) is 1. The summed E-state index contributed by atoms with van der Waals surface area (Å²) >= 11 is 10.7. The molecule has 0 aliphatic rings. The first kappa shape index (κ1) is 19.5. The number of rotatable bonds is 4. The van der Waals surface area contributed by atoms with Gasteiger partial charge in [-0.2, -0.15) is 0 Å². The van der Waals surface area contributed by atoms with E-state index in [9.17, 15) is 9.90 Å². The van der Waals surface area contributed by atoms with Crippen molar-refractivity contribution in [2.75, 3.05) is 5.73 Å². The van der Waals surface area contributed by atoms with Crippen LogP contribution in [0.2, 0.25) is 5.02 Å². The molecule has 2 aromatic rings. The first-order valence-electron chi connectivity index (χ1n) is 7.81. The van der Waals surface area contributed by atoms with Crippen LogP contribution in [0.3, 0.4) is 0 Å². The lowest BCUT2D eigenvalue weighted by Crippen LogP contribution is -2.23. The molecule has 4 nitrogen and oxygen atoms in total. The minimum atomic E-state index is -0.922. The van der Waals surface area contributed by atoms with Gasteiger partial charge in [-0.1, -0.05) is 11.6 Å². The molecule has 3 N–H and O–H groups in total. The molecule has 2 aromatic carbocycles. The minimum Gasteiger partial charge on any atom is -0.487 e. The number of hydrogen-bond acceptors (Lipinski definition) is 4. The van der Waals surface area contributed by atoms with Gasteiger partial charge in [-0.15, -0.1) is 12.6 Å². The lowest BCUT2D eigenvalue weighted by molar-refractivity contribution is -0.136. The summed E-state index contributed by atoms with van der Waals surface area (Å²) in [6, 6.07) is 7.01. The van der Waals surface area contributed by atoms with E-state index in [0.29, 0.717) is 32.5 Å². The number of aryl methyl sites for hydroxylation is 1. The molecule has 0 saturated carbocycles. The largest absolute Gasteiger partial charge is 0.487 e. The molecule has 2 rings (SSSR count). The highest BCUT2D eigenvalue weighted by molar-refractivity contribution is 7.80. The number of carboxylic acids is 1. The zero-order chi connectivity index (χ0) is 18.9. The molecule has 6 heteroatoms. The highest BCUT2D eigenvalue weighted by atomic mass is 35.5. The second-order valence-electron chi connectivity index (χ2n) is 6.91. The fourth-order valence-corrected chi connectivity index (χ4v) is 3.14. The predicted octanol–water partition coefficient (Wildman–Crippen LogP) is 4.99. The molecule has 0 spiro atoms. The number of benzene rings is 2. The van der Waals surface area contributed by atoms with Gasteiger partial charge in [0.05, 0.1) is 6.42 Å². The maximum atomic E-state index is 11.4. The first-order chi connectivity index (χ1) is 11.5. The van der Waals surface area contributed by atoms with Crippen molar-refractivity contribution in [1.82, 2.24) is 0 Å². The van der Waals surface area contributed by atoms with E-state index >= 15 is 0 Å². The fourth-order valence-electron chi connectivity index (χ4n) is 2.66. The third-order valence-electron chi connectivity index (χ3n) is 3.62. The van der Waals surface area contributed by atoms with Crippen LogP contribution >= 0.6 is 24.2 Å². The van der Waals surface area contributed by atoms with Crippen LogP contribution in [0.15, 0.2) is 29.2 Å². The fraction of sp³-hybridized carbons (Fsp3) is 0.316. The lowest BCUT2D eigenvalue weighted by Gasteiger charge is -2.25. The van der Waals surface area contributed by atoms with Crippen LogP contribution in [0.4, 0.5) is 5.69 Å². The third-order valence-corrected chi connectivity index (χ3v) is 4.33. The quantitative estimate of drug-likeness (QED) is 0.516. The molecule has 0 aliphatic heterocycles. The number of anilines is 1. The zero-order valence-corrected chi connectivity index (χ0v) is 16.3. The molecule has 0 aromatic heterocycles. The Morgan fingerprint density at radius 1 is 1.32 bits per heavy atom. The summed E-state index contributed by atoms with van der Waals surface area (Å²) in [4.78, 5) is 11.9. The van der Waals surface area contributed by atoms with Crippen LogP contribution in [0.1, 0.15) is 31.9 Å². The van der Waals surface area contributed by atoms with Gasteiger partial charge in [0, 0.05) is 26.7 Å². The number of hydrogen-bond donors (Lipinski definition) is 3. The van der Waals surface area contributed by atoms with Crippen LogP contribution in [-0.2, 0) is 11.2 Å². The summed E-state index contributed by atoms with van der Waals surface area (Å²) in [5, 5.41) is 9.85. The Labute approximate surface area is 158 Å². The highest BCUT2D eigenvalue weighted by Crippen LogP contribution is 2.42. The van der Waals surface area contributed by atoms with E-state index in [0.717, 1.165) is 11.1 Å². The van der Waals surface area contributed by atoms with Crippen LogP contribution in [0.5, 0.6) is 5.75 Å². The molecule has 0 fully saturated rings. The summed E-state index contributed by atoms with van der Waals surface area (Å²) in [6.07, 6.45) is -0.132. The van der Waals surface area contributed by atoms with Crippen molar-refractivity contribution in [3.05, 3.63) is 40.4 Å². The summed E-state index contributed by atoms with van der Waals surface area (Å²) in [7, 11) is 0. The van der Waals surface area contributed by atoms with Crippen LogP contribution in [0, 0.1) is 6.92 Å². The van der Waals surface area contributed by atoms with Crippen molar-refractivity contribution in [2.45, 2.75) is 44.6 Å². The van der Waals surface area contributed by atoms with Crippen LogP contribution in [0.25, 0.3) is 11.1 Å². The van der Waals surface area contributed by atoms with Gasteiger partial charge in [-0.05, 0) is 63.1 Å². The topological polar surface area (TPSA) is 72.5 Å². The molecule has 0 atom stereocenters. The second-order valence-corrected chi connectivity index (χ2v) is 7.79. The lowest BCUT2D eigenvalue weighted by atomic mass is 9.92. The Balaban J connectivity index is 2.79. The van der Waals surface area contributed by atoms with E-state index in [-0.39, 0.29) is 6.42 Å². The predicted molar refractivity (Wildman–Crippen MR) is 105 cm³/mol. The van der Waals surface area contributed by atoms with Gasteiger partial charge < -0.3 is 15.6 Å². The van der Waals surface area contributed by atoms with Gasteiger partial charge in [0.15, 0.2) is 0 Å². The maximum Gasteiger partial charge on any atom is 0.307 e. The van der Waals surface area contributed by atoms with Gasteiger partial charge in [0.1, 0.15) is 11.4 Å². The minimum absolute atomic E-state index is 0.132. The van der Waals surface area contributed by atoms with Crippen LogP contribution in [-0.4, -0.2) is 16.7 Å². The Morgan fingerprint density at radius 3 is 2.52 bits per heavy atom. The Hall–Kier alpha value is -1.85. The number of aliphatic carboxylic acids is 1. The number of halogens is 1. The summed E-state index contributed by atoms with van der Waals surface area (Å²) in [5.74, 6) is -0.360. The van der Waals surface area contributed by atoms with E-state index in [1.54, 1.807) is 18.2 Å². The summed E-state index contributed by atoms with van der Waals surface area (Å²) in [5.41, 5.74) is 8.96. The van der Waals surface area contributed by atoms with Crippen molar-refractivity contribution in [3.63, 3.8) is 0 Å². The van der Waals surface area contributed by atoms with Crippen molar-refractivity contribution in [3.8, 4) is 16.9 Å². The van der Waals surface area contributed by atoms with E-state index in [1.807, 2.05) is 33.8 Å². The molecule has 0 unspecified atom stereocenters. The molecule has 0 saturated heterocycles. The molecular formula is C19H22ClNO3S.